The molecule has 2 rings (SSSR count). The highest BCUT2D eigenvalue weighted by atomic mass is 35.5. The van der Waals surface area contributed by atoms with Crippen molar-refractivity contribution >= 4 is 29.2 Å². The summed E-state index contributed by atoms with van der Waals surface area (Å²) in [7, 11) is 0. The predicted octanol–water partition coefficient (Wildman–Crippen LogP) is 2.62. The van der Waals surface area contributed by atoms with Gasteiger partial charge in [-0.25, -0.2) is 9.78 Å². The van der Waals surface area contributed by atoms with E-state index in [1.54, 1.807) is 31.2 Å². The van der Waals surface area contributed by atoms with Gasteiger partial charge in [0.1, 0.15) is 0 Å². The van der Waals surface area contributed by atoms with Gasteiger partial charge < -0.3 is 10.1 Å². The van der Waals surface area contributed by atoms with Gasteiger partial charge >= 0.3 is 5.97 Å². The first-order chi connectivity index (χ1) is 10.5. The molecule has 0 spiro atoms. The Morgan fingerprint density at radius 2 is 2.05 bits per heavy atom. The lowest BCUT2D eigenvalue weighted by Crippen LogP contribution is -2.30. The average Bonchev–Trinajstić information content (AvgIpc) is 2.47. The molecule has 2 aromatic rings. The van der Waals surface area contributed by atoms with Crippen molar-refractivity contribution < 1.29 is 14.3 Å². The third kappa shape index (κ3) is 4.26. The summed E-state index contributed by atoms with van der Waals surface area (Å²) in [4.78, 5) is 31.7. The Labute approximate surface area is 132 Å². The van der Waals surface area contributed by atoms with Crippen LogP contribution < -0.4 is 5.32 Å². The zero-order chi connectivity index (χ0) is 16.1. The number of aryl methyl sites for hydroxylation is 1. The minimum absolute atomic E-state index is 0.0491. The van der Waals surface area contributed by atoms with Gasteiger partial charge in [0, 0.05) is 16.9 Å². The second kappa shape index (κ2) is 7.00. The molecule has 0 radical (unpaired) electrons. The fraction of sp³-hybridized carbons (Fsp3) is 0.200. The maximum absolute atomic E-state index is 12.0. The smallest absolute Gasteiger partial charge is 0.359 e. The third-order valence-corrected chi connectivity index (χ3v) is 2.97. The van der Waals surface area contributed by atoms with E-state index in [-0.39, 0.29) is 5.69 Å². The van der Waals surface area contributed by atoms with Crippen LogP contribution in [0.1, 0.15) is 23.1 Å². The van der Waals surface area contributed by atoms with Gasteiger partial charge in [-0.3, -0.25) is 9.78 Å². The minimum Gasteiger partial charge on any atom is -0.448 e. The Bertz CT molecular complexity index is 689. The molecule has 0 saturated heterocycles. The van der Waals surface area contributed by atoms with Crippen LogP contribution in [0.25, 0.3) is 0 Å². The number of rotatable bonds is 4. The highest BCUT2D eigenvalue weighted by Gasteiger charge is 2.20. The van der Waals surface area contributed by atoms with E-state index >= 15 is 0 Å². The molecule has 0 aliphatic rings. The SMILES string of the molecule is Cc1cnc(C(=O)OC(C)C(=O)Nc2cccc(Cl)c2)cn1. The number of nitrogens with one attached hydrogen (secondary N) is 1. The lowest BCUT2D eigenvalue weighted by Gasteiger charge is -2.13. The van der Waals surface area contributed by atoms with Crippen LogP contribution in [0.2, 0.25) is 5.02 Å². The molecule has 1 N–H and O–H groups in total. The van der Waals surface area contributed by atoms with Crippen LogP contribution in [-0.2, 0) is 9.53 Å². The quantitative estimate of drug-likeness (QED) is 0.876. The summed E-state index contributed by atoms with van der Waals surface area (Å²) in [6, 6.07) is 6.68. The van der Waals surface area contributed by atoms with Gasteiger partial charge in [-0.2, -0.15) is 0 Å². The number of hydrogen-bond acceptors (Lipinski definition) is 5. The lowest BCUT2D eigenvalue weighted by atomic mass is 10.3. The van der Waals surface area contributed by atoms with E-state index in [1.807, 2.05) is 0 Å². The maximum Gasteiger partial charge on any atom is 0.359 e. The predicted molar refractivity (Wildman–Crippen MR) is 81.7 cm³/mol. The molecule has 0 bridgehead atoms. The summed E-state index contributed by atoms with van der Waals surface area (Å²) in [5, 5.41) is 3.11. The van der Waals surface area contributed by atoms with Gasteiger partial charge in [0.2, 0.25) is 0 Å². The average molecular weight is 320 g/mol. The monoisotopic (exact) mass is 319 g/mol. The maximum atomic E-state index is 12.0. The van der Waals surface area contributed by atoms with Crippen molar-refractivity contribution in [3.05, 3.63) is 53.1 Å². The number of ether oxygens (including phenoxy) is 1. The summed E-state index contributed by atoms with van der Waals surface area (Å²) in [6.45, 7) is 3.22. The molecule has 0 aliphatic carbocycles. The van der Waals surface area contributed by atoms with Crippen LogP contribution in [0.15, 0.2) is 36.7 Å². The first-order valence-electron chi connectivity index (χ1n) is 6.52. The number of nitrogens with zero attached hydrogens (tertiary/aromatic N) is 2. The molecule has 1 amide bonds. The second-order valence-corrected chi connectivity index (χ2v) is 5.03. The number of amides is 1. The molecule has 114 valence electrons. The van der Waals surface area contributed by atoms with E-state index in [0.717, 1.165) is 0 Å². The van der Waals surface area contributed by atoms with Crippen molar-refractivity contribution in [1.82, 2.24) is 9.97 Å². The molecule has 1 atom stereocenters. The normalized spacial score (nSPS) is 11.6. The van der Waals surface area contributed by atoms with Gasteiger partial charge in [0.15, 0.2) is 11.8 Å². The Morgan fingerprint density at radius 1 is 1.27 bits per heavy atom. The summed E-state index contributed by atoms with van der Waals surface area (Å²) in [6.07, 6.45) is 1.78. The summed E-state index contributed by atoms with van der Waals surface area (Å²) < 4.78 is 5.05. The van der Waals surface area contributed by atoms with Crippen LogP contribution in [0.3, 0.4) is 0 Å². The van der Waals surface area contributed by atoms with E-state index < -0.39 is 18.0 Å². The molecule has 22 heavy (non-hydrogen) atoms. The number of esters is 1. The number of hydrogen-bond donors (Lipinski definition) is 1. The number of carbonyl (C=O) groups excluding carboxylic acids is 2. The van der Waals surface area contributed by atoms with Gasteiger partial charge in [0.25, 0.3) is 5.91 Å². The van der Waals surface area contributed by atoms with Gasteiger partial charge in [-0.15, -0.1) is 0 Å². The van der Waals surface area contributed by atoms with Crippen molar-refractivity contribution in [1.29, 1.82) is 0 Å². The first-order valence-corrected chi connectivity index (χ1v) is 6.89. The number of halogens is 1. The van der Waals surface area contributed by atoms with Crippen LogP contribution in [0.5, 0.6) is 0 Å². The number of anilines is 1. The number of carbonyl (C=O) groups is 2. The molecule has 1 aromatic carbocycles. The summed E-state index contributed by atoms with van der Waals surface area (Å²) in [5.74, 6) is -1.17. The summed E-state index contributed by atoms with van der Waals surface area (Å²) in [5.41, 5.74) is 1.26. The van der Waals surface area contributed by atoms with Gasteiger partial charge in [-0.05, 0) is 32.0 Å². The van der Waals surface area contributed by atoms with Crippen LogP contribution in [-0.4, -0.2) is 27.9 Å². The molecular weight excluding hydrogens is 306 g/mol. The highest BCUT2D eigenvalue weighted by molar-refractivity contribution is 6.30. The van der Waals surface area contributed by atoms with Gasteiger partial charge in [0.05, 0.1) is 11.9 Å². The zero-order valence-electron chi connectivity index (χ0n) is 12.0. The number of aromatic nitrogens is 2. The topological polar surface area (TPSA) is 81.2 Å². The van der Waals surface area contributed by atoms with Crippen molar-refractivity contribution in [2.24, 2.45) is 0 Å². The highest BCUT2D eigenvalue weighted by Crippen LogP contribution is 2.15. The number of benzene rings is 1. The van der Waals surface area contributed by atoms with E-state index in [4.69, 9.17) is 16.3 Å². The zero-order valence-corrected chi connectivity index (χ0v) is 12.8. The lowest BCUT2D eigenvalue weighted by molar-refractivity contribution is -0.123. The van der Waals surface area contributed by atoms with E-state index in [9.17, 15) is 9.59 Å². The largest absolute Gasteiger partial charge is 0.448 e. The van der Waals surface area contributed by atoms with Crippen molar-refractivity contribution in [3.63, 3.8) is 0 Å². The van der Waals surface area contributed by atoms with Crippen molar-refractivity contribution in [2.45, 2.75) is 20.0 Å². The molecule has 1 heterocycles. The molecule has 0 aliphatic heterocycles. The Kier molecular flexibility index (Phi) is 5.06. The molecule has 6 nitrogen and oxygen atoms in total. The molecule has 7 heteroatoms. The molecule has 0 fully saturated rings. The van der Waals surface area contributed by atoms with Crippen molar-refractivity contribution in [3.8, 4) is 0 Å². The standard InChI is InChI=1S/C15H14ClN3O3/c1-9-7-18-13(8-17-9)15(21)22-10(2)14(20)19-12-5-3-4-11(16)6-12/h3-8,10H,1-2H3,(H,19,20). The molecular formula is C15H14ClN3O3. The van der Waals surface area contributed by atoms with Crippen LogP contribution in [0.4, 0.5) is 5.69 Å². The minimum atomic E-state index is -0.977. The Morgan fingerprint density at radius 3 is 2.68 bits per heavy atom. The molecule has 0 saturated carbocycles. The molecule has 1 aromatic heterocycles. The Hall–Kier alpha value is -2.47. The van der Waals surface area contributed by atoms with Crippen molar-refractivity contribution in [2.75, 3.05) is 5.32 Å². The third-order valence-electron chi connectivity index (χ3n) is 2.74. The van der Waals surface area contributed by atoms with Gasteiger partial charge in [-0.1, -0.05) is 17.7 Å². The summed E-state index contributed by atoms with van der Waals surface area (Å²) >= 11 is 5.83. The second-order valence-electron chi connectivity index (χ2n) is 4.59. The molecule has 1 unspecified atom stereocenters. The van der Waals surface area contributed by atoms with E-state index in [2.05, 4.69) is 15.3 Å². The fourth-order valence-electron chi connectivity index (χ4n) is 1.58. The van der Waals surface area contributed by atoms with E-state index in [0.29, 0.717) is 16.4 Å². The Balaban J connectivity index is 1.96. The van der Waals surface area contributed by atoms with E-state index in [1.165, 1.54) is 19.3 Å². The first kappa shape index (κ1) is 15.9. The fourth-order valence-corrected chi connectivity index (χ4v) is 1.77. The van der Waals surface area contributed by atoms with Crippen LogP contribution >= 0.6 is 11.6 Å². The van der Waals surface area contributed by atoms with Crippen LogP contribution in [0, 0.1) is 6.92 Å².